The monoisotopic (exact) mass is 292 g/mol. The van der Waals surface area contributed by atoms with Crippen molar-refractivity contribution in [3.05, 3.63) is 34.4 Å². The molecule has 2 rings (SSSR count). The number of nitro benzene ring substituents is 1. The Morgan fingerprint density at radius 3 is 2.67 bits per heavy atom. The molecule has 1 aliphatic carbocycles. The third-order valence-electron chi connectivity index (χ3n) is 4.24. The van der Waals surface area contributed by atoms with Gasteiger partial charge < -0.3 is 10.1 Å². The van der Waals surface area contributed by atoms with E-state index in [1.807, 2.05) is 6.07 Å². The van der Waals surface area contributed by atoms with E-state index in [1.165, 1.54) is 6.07 Å². The number of rotatable bonds is 6. The van der Waals surface area contributed by atoms with E-state index in [2.05, 4.69) is 33.0 Å². The molecule has 0 saturated heterocycles. The Morgan fingerprint density at radius 2 is 2.10 bits per heavy atom. The van der Waals surface area contributed by atoms with Crippen LogP contribution in [-0.4, -0.2) is 23.7 Å². The molecule has 1 saturated carbocycles. The zero-order valence-electron chi connectivity index (χ0n) is 13.1. The van der Waals surface area contributed by atoms with Crippen molar-refractivity contribution in [1.82, 2.24) is 0 Å². The highest BCUT2D eigenvalue weighted by Crippen LogP contribution is 2.45. The summed E-state index contributed by atoms with van der Waals surface area (Å²) in [6.45, 7) is 9.32. The molecule has 1 aromatic rings. The Balaban J connectivity index is 2.01. The van der Waals surface area contributed by atoms with Crippen molar-refractivity contribution in [2.75, 3.05) is 11.9 Å². The Labute approximate surface area is 125 Å². The summed E-state index contributed by atoms with van der Waals surface area (Å²) >= 11 is 0. The van der Waals surface area contributed by atoms with Gasteiger partial charge in [-0.2, -0.15) is 0 Å². The maximum Gasteiger partial charge on any atom is 0.292 e. The minimum atomic E-state index is -0.346. The molecular weight excluding hydrogens is 268 g/mol. The van der Waals surface area contributed by atoms with E-state index in [0.717, 1.165) is 13.0 Å². The van der Waals surface area contributed by atoms with E-state index in [9.17, 15) is 10.1 Å². The van der Waals surface area contributed by atoms with Crippen LogP contribution in [0.15, 0.2) is 24.3 Å². The van der Waals surface area contributed by atoms with Gasteiger partial charge in [-0.3, -0.25) is 10.1 Å². The second kappa shape index (κ2) is 6.02. The van der Waals surface area contributed by atoms with Gasteiger partial charge in [-0.15, -0.1) is 0 Å². The number of hydrogen-bond donors (Lipinski definition) is 1. The van der Waals surface area contributed by atoms with Crippen molar-refractivity contribution in [3.63, 3.8) is 0 Å². The lowest BCUT2D eigenvalue weighted by molar-refractivity contribution is -0.384. The molecule has 1 aromatic carbocycles. The highest BCUT2D eigenvalue weighted by atomic mass is 16.6. The van der Waals surface area contributed by atoms with Gasteiger partial charge >= 0.3 is 0 Å². The smallest absolute Gasteiger partial charge is 0.292 e. The second-order valence-corrected chi connectivity index (χ2v) is 6.74. The molecule has 5 heteroatoms. The molecule has 0 aromatic heterocycles. The quantitative estimate of drug-likeness (QED) is 0.639. The molecule has 0 heterocycles. The molecule has 1 fully saturated rings. The van der Waals surface area contributed by atoms with Gasteiger partial charge in [0.05, 0.1) is 11.0 Å². The minimum Gasteiger partial charge on any atom is -0.377 e. The second-order valence-electron chi connectivity index (χ2n) is 6.74. The van der Waals surface area contributed by atoms with Crippen LogP contribution < -0.4 is 5.32 Å². The topological polar surface area (TPSA) is 64.4 Å². The van der Waals surface area contributed by atoms with Crippen LogP contribution in [-0.2, 0) is 4.74 Å². The standard InChI is InChI=1S/C16H24N2O3/c1-11(2)10-21-15-9-14(16(15,3)4)17-12-7-5-6-8-13(12)18(19)20/h5-8,11,14-15,17H,9-10H2,1-4H3. The third kappa shape index (κ3) is 3.35. The van der Waals surface area contributed by atoms with Crippen LogP contribution in [0.5, 0.6) is 0 Å². The van der Waals surface area contributed by atoms with E-state index >= 15 is 0 Å². The lowest BCUT2D eigenvalue weighted by Crippen LogP contribution is -2.58. The molecule has 2 atom stereocenters. The van der Waals surface area contributed by atoms with Crippen molar-refractivity contribution in [3.8, 4) is 0 Å². The molecule has 0 amide bonds. The van der Waals surface area contributed by atoms with Crippen LogP contribution >= 0.6 is 0 Å². The fourth-order valence-electron chi connectivity index (χ4n) is 2.66. The van der Waals surface area contributed by atoms with Crippen molar-refractivity contribution in [2.45, 2.75) is 46.3 Å². The summed E-state index contributed by atoms with van der Waals surface area (Å²) in [5, 5.41) is 14.4. The molecule has 0 spiro atoms. The highest BCUT2D eigenvalue weighted by Gasteiger charge is 2.49. The average Bonchev–Trinajstić information content (AvgIpc) is 2.41. The highest BCUT2D eigenvalue weighted by molar-refractivity contribution is 5.62. The first kappa shape index (κ1) is 15.8. The summed E-state index contributed by atoms with van der Waals surface area (Å²) < 4.78 is 5.93. The Kier molecular flexibility index (Phi) is 4.52. The number of nitro groups is 1. The van der Waals surface area contributed by atoms with Crippen LogP contribution in [0.25, 0.3) is 0 Å². The van der Waals surface area contributed by atoms with Gasteiger partial charge in [0, 0.05) is 24.1 Å². The van der Waals surface area contributed by atoms with Gasteiger partial charge in [0.1, 0.15) is 5.69 Å². The zero-order chi connectivity index (χ0) is 15.6. The van der Waals surface area contributed by atoms with E-state index in [0.29, 0.717) is 11.6 Å². The average molecular weight is 292 g/mol. The van der Waals surface area contributed by atoms with Crippen LogP contribution in [0.2, 0.25) is 0 Å². The first-order valence-corrected chi connectivity index (χ1v) is 7.44. The maximum absolute atomic E-state index is 11.1. The third-order valence-corrected chi connectivity index (χ3v) is 4.24. The van der Waals surface area contributed by atoms with E-state index < -0.39 is 0 Å². The van der Waals surface area contributed by atoms with Crippen LogP contribution in [0.1, 0.15) is 34.1 Å². The molecule has 1 N–H and O–H groups in total. The Bertz CT molecular complexity index is 514. The van der Waals surface area contributed by atoms with Crippen molar-refractivity contribution in [1.29, 1.82) is 0 Å². The lowest BCUT2D eigenvalue weighted by Gasteiger charge is -2.52. The SMILES string of the molecule is CC(C)COC1CC(Nc2ccccc2[N+](=O)[O-])C1(C)C. The fourth-order valence-corrected chi connectivity index (χ4v) is 2.66. The first-order valence-electron chi connectivity index (χ1n) is 7.44. The van der Waals surface area contributed by atoms with E-state index in [4.69, 9.17) is 4.74 Å². The van der Waals surface area contributed by atoms with Crippen molar-refractivity contribution in [2.24, 2.45) is 11.3 Å². The number of benzene rings is 1. The molecule has 0 bridgehead atoms. The predicted molar refractivity (Wildman–Crippen MR) is 83.5 cm³/mol. The summed E-state index contributed by atoms with van der Waals surface area (Å²) in [5.41, 5.74) is 0.682. The summed E-state index contributed by atoms with van der Waals surface area (Å²) in [6.07, 6.45) is 1.09. The summed E-state index contributed by atoms with van der Waals surface area (Å²) in [7, 11) is 0. The van der Waals surface area contributed by atoms with Crippen molar-refractivity contribution < 1.29 is 9.66 Å². The minimum absolute atomic E-state index is 0.0292. The van der Waals surface area contributed by atoms with Gasteiger partial charge in [-0.25, -0.2) is 0 Å². The number of ether oxygens (including phenoxy) is 1. The molecule has 0 radical (unpaired) electrons. The van der Waals surface area contributed by atoms with Crippen molar-refractivity contribution >= 4 is 11.4 Å². The lowest BCUT2D eigenvalue weighted by atomic mass is 9.64. The molecule has 116 valence electrons. The van der Waals surface area contributed by atoms with Crippen LogP contribution in [0.4, 0.5) is 11.4 Å². The van der Waals surface area contributed by atoms with Gasteiger partial charge in [-0.1, -0.05) is 39.8 Å². The number of nitrogens with one attached hydrogen (secondary N) is 1. The van der Waals surface area contributed by atoms with Crippen LogP contribution in [0.3, 0.4) is 0 Å². The van der Waals surface area contributed by atoms with E-state index in [1.54, 1.807) is 12.1 Å². The van der Waals surface area contributed by atoms with Gasteiger partial charge in [0.25, 0.3) is 5.69 Å². The molecule has 5 nitrogen and oxygen atoms in total. The van der Waals surface area contributed by atoms with E-state index in [-0.39, 0.29) is 28.2 Å². The molecular formula is C16H24N2O3. The van der Waals surface area contributed by atoms with Gasteiger partial charge in [-0.05, 0) is 18.4 Å². The number of nitrogens with zero attached hydrogens (tertiary/aromatic N) is 1. The summed E-state index contributed by atoms with van der Waals surface area (Å²) in [6, 6.07) is 6.98. The predicted octanol–water partition coefficient (Wildman–Crippen LogP) is 3.85. The molecule has 2 unspecified atom stereocenters. The van der Waals surface area contributed by atoms with Gasteiger partial charge in [0.15, 0.2) is 0 Å². The Morgan fingerprint density at radius 1 is 1.43 bits per heavy atom. The first-order chi connectivity index (χ1) is 9.82. The molecule has 0 aliphatic heterocycles. The normalized spacial score (nSPS) is 23.7. The summed E-state index contributed by atoms with van der Waals surface area (Å²) in [5.74, 6) is 0.517. The molecule has 1 aliphatic rings. The largest absolute Gasteiger partial charge is 0.377 e. The van der Waals surface area contributed by atoms with Gasteiger partial charge in [0.2, 0.25) is 0 Å². The van der Waals surface area contributed by atoms with Crippen LogP contribution in [0, 0.1) is 21.4 Å². The zero-order valence-corrected chi connectivity index (χ0v) is 13.1. The fraction of sp³-hybridized carbons (Fsp3) is 0.625. The number of anilines is 1. The Hall–Kier alpha value is -1.62. The number of hydrogen-bond acceptors (Lipinski definition) is 4. The molecule has 21 heavy (non-hydrogen) atoms. The number of para-hydroxylation sites is 2. The maximum atomic E-state index is 11.1. The summed E-state index contributed by atoms with van der Waals surface area (Å²) in [4.78, 5) is 10.7.